The third-order valence-corrected chi connectivity index (χ3v) is 4.44. The summed E-state index contributed by atoms with van der Waals surface area (Å²) >= 11 is 0. The third kappa shape index (κ3) is 9.08. The number of hydrogen-bond donors (Lipinski definition) is 2. The maximum Gasteiger partial charge on any atom is 0.422 e. The van der Waals surface area contributed by atoms with Gasteiger partial charge in [-0.1, -0.05) is 6.07 Å². The SMILES string of the molecule is CN=C(NCCCOCC1CCOC1)NCc1ccc(OCC(F)(F)F)c(OC)c1. The topological polar surface area (TPSA) is 73.3 Å². The van der Waals surface area contributed by atoms with Gasteiger partial charge in [-0.15, -0.1) is 0 Å². The van der Waals surface area contributed by atoms with Crippen molar-refractivity contribution in [3.63, 3.8) is 0 Å². The molecule has 1 aromatic rings. The van der Waals surface area contributed by atoms with E-state index < -0.39 is 12.8 Å². The van der Waals surface area contributed by atoms with E-state index in [1.54, 1.807) is 19.2 Å². The van der Waals surface area contributed by atoms with Gasteiger partial charge in [-0.3, -0.25) is 4.99 Å². The number of nitrogens with zero attached hydrogens (tertiary/aromatic N) is 1. The zero-order chi connectivity index (χ0) is 21.8. The molecule has 7 nitrogen and oxygen atoms in total. The van der Waals surface area contributed by atoms with Gasteiger partial charge in [0.05, 0.1) is 20.3 Å². The molecule has 1 fully saturated rings. The molecule has 30 heavy (non-hydrogen) atoms. The number of hydrogen-bond acceptors (Lipinski definition) is 5. The molecular formula is C20H30F3N3O4. The normalized spacial score (nSPS) is 17.1. The van der Waals surface area contributed by atoms with Gasteiger partial charge in [0.15, 0.2) is 24.1 Å². The van der Waals surface area contributed by atoms with Crippen molar-refractivity contribution in [2.24, 2.45) is 10.9 Å². The molecular weight excluding hydrogens is 403 g/mol. The van der Waals surface area contributed by atoms with Crippen molar-refractivity contribution in [1.82, 2.24) is 10.6 Å². The monoisotopic (exact) mass is 433 g/mol. The fourth-order valence-corrected chi connectivity index (χ4v) is 2.85. The number of nitrogens with one attached hydrogen (secondary N) is 2. The summed E-state index contributed by atoms with van der Waals surface area (Å²) in [5.41, 5.74) is 0.816. The standard InChI is InChI=1S/C20H30F3N3O4/c1-24-19(25-7-3-8-28-12-16-6-9-29-13-16)26-11-15-4-5-17(18(10-15)27-2)30-14-20(21,22)23/h4-5,10,16H,3,6-9,11-14H2,1-2H3,(H2,24,25,26). The molecule has 1 atom stereocenters. The van der Waals surface area contributed by atoms with Gasteiger partial charge in [-0.05, 0) is 30.5 Å². The molecule has 0 spiro atoms. The Morgan fingerprint density at radius 1 is 1.27 bits per heavy atom. The summed E-state index contributed by atoms with van der Waals surface area (Å²) in [4.78, 5) is 4.16. The predicted octanol–water partition coefficient (Wildman–Crippen LogP) is 2.74. The molecule has 1 aliphatic rings. The van der Waals surface area contributed by atoms with E-state index in [-0.39, 0.29) is 11.5 Å². The second-order valence-corrected chi connectivity index (χ2v) is 6.90. The molecule has 1 aliphatic heterocycles. The molecule has 170 valence electrons. The first-order chi connectivity index (χ1) is 14.4. The van der Waals surface area contributed by atoms with Crippen molar-refractivity contribution in [3.05, 3.63) is 23.8 Å². The summed E-state index contributed by atoms with van der Waals surface area (Å²) in [6.07, 6.45) is -2.50. The van der Waals surface area contributed by atoms with Crippen LogP contribution in [0.3, 0.4) is 0 Å². The summed E-state index contributed by atoms with van der Waals surface area (Å²) in [5.74, 6) is 1.42. The molecule has 0 radical (unpaired) electrons. The number of rotatable bonds is 11. The minimum absolute atomic E-state index is 0.0465. The summed E-state index contributed by atoms with van der Waals surface area (Å²) in [6, 6.07) is 4.77. The molecule has 10 heteroatoms. The van der Waals surface area contributed by atoms with E-state index in [0.29, 0.717) is 31.6 Å². The Hall–Kier alpha value is -2.20. The Balaban J connectivity index is 1.69. The minimum atomic E-state index is -4.40. The Morgan fingerprint density at radius 2 is 2.10 bits per heavy atom. The van der Waals surface area contributed by atoms with Gasteiger partial charge in [0.1, 0.15) is 0 Å². The lowest BCUT2D eigenvalue weighted by Gasteiger charge is -2.15. The predicted molar refractivity (Wildman–Crippen MR) is 107 cm³/mol. The number of benzene rings is 1. The number of guanidine groups is 1. The maximum atomic E-state index is 12.3. The van der Waals surface area contributed by atoms with Crippen LogP contribution in [-0.4, -0.2) is 65.9 Å². The van der Waals surface area contributed by atoms with Crippen LogP contribution in [0.15, 0.2) is 23.2 Å². The summed E-state index contributed by atoms with van der Waals surface area (Å²) in [6.45, 7) is 2.77. The lowest BCUT2D eigenvalue weighted by atomic mass is 10.1. The van der Waals surface area contributed by atoms with Gasteiger partial charge < -0.3 is 29.6 Å². The van der Waals surface area contributed by atoms with E-state index in [4.69, 9.17) is 18.9 Å². The van der Waals surface area contributed by atoms with E-state index in [9.17, 15) is 13.2 Å². The maximum absolute atomic E-state index is 12.3. The third-order valence-electron chi connectivity index (χ3n) is 4.44. The van der Waals surface area contributed by atoms with E-state index in [0.717, 1.165) is 38.2 Å². The molecule has 0 saturated carbocycles. The van der Waals surface area contributed by atoms with Gasteiger partial charge in [-0.25, -0.2) is 0 Å². The van der Waals surface area contributed by atoms with E-state index in [1.165, 1.54) is 13.2 Å². The van der Waals surface area contributed by atoms with Crippen molar-refractivity contribution < 1.29 is 32.1 Å². The molecule has 1 aromatic carbocycles. The second kappa shape index (κ2) is 12.5. The summed E-state index contributed by atoms with van der Waals surface area (Å²) < 4.78 is 57.9. The number of aliphatic imine (C=N–C) groups is 1. The highest BCUT2D eigenvalue weighted by molar-refractivity contribution is 5.79. The van der Waals surface area contributed by atoms with Gasteiger partial charge >= 0.3 is 6.18 Å². The first-order valence-corrected chi connectivity index (χ1v) is 9.87. The largest absolute Gasteiger partial charge is 0.493 e. The molecule has 2 rings (SSSR count). The highest BCUT2D eigenvalue weighted by atomic mass is 19.4. The van der Waals surface area contributed by atoms with E-state index in [1.807, 2.05) is 0 Å². The molecule has 0 bridgehead atoms. The molecule has 0 aromatic heterocycles. The Morgan fingerprint density at radius 3 is 2.77 bits per heavy atom. The van der Waals surface area contributed by atoms with Crippen LogP contribution in [0.1, 0.15) is 18.4 Å². The second-order valence-electron chi connectivity index (χ2n) is 6.90. The Labute approximate surface area is 174 Å². The van der Waals surface area contributed by atoms with Crippen LogP contribution < -0.4 is 20.1 Å². The molecule has 1 saturated heterocycles. The number of ether oxygens (including phenoxy) is 4. The van der Waals surface area contributed by atoms with Gasteiger partial charge in [-0.2, -0.15) is 13.2 Å². The lowest BCUT2D eigenvalue weighted by Crippen LogP contribution is -2.37. The fourth-order valence-electron chi connectivity index (χ4n) is 2.85. The zero-order valence-corrected chi connectivity index (χ0v) is 17.4. The highest BCUT2D eigenvalue weighted by Gasteiger charge is 2.29. The van der Waals surface area contributed by atoms with Crippen molar-refractivity contribution in [2.45, 2.75) is 25.6 Å². The molecule has 1 heterocycles. The fraction of sp³-hybridized carbons (Fsp3) is 0.650. The van der Waals surface area contributed by atoms with Crippen LogP contribution >= 0.6 is 0 Å². The first-order valence-electron chi connectivity index (χ1n) is 9.87. The average Bonchev–Trinajstić information content (AvgIpc) is 3.24. The smallest absolute Gasteiger partial charge is 0.422 e. The molecule has 0 aliphatic carbocycles. The number of methoxy groups -OCH3 is 1. The quantitative estimate of drug-likeness (QED) is 0.318. The Kier molecular flexibility index (Phi) is 10.0. The van der Waals surface area contributed by atoms with Crippen LogP contribution in [0.5, 0.6) is 11.5 Å². The van der Waals surface area contributed by atoms with E-state index >= 15 is 0 Å². The zero-order valence-electron chi connectivity index (χ0n) is 17.4. The Bertz CT molecular complexity index is 665. The van der Waals surface area contributed by atoms with Crippen molar-refractivity contribution in [1.29, 1.82) is 0 Å². The first kappa shape index (κ1) is 24.1. The van der Waals surface area contributed by atoms with Crippen LogP contribution in [0.4, 0.5) is 13.2 Å². The van der Waals surface area contributed by atoms with Crippen LogP contribution in [-0.2, 0) is 16.0 Å². The van der Waals surface area contributed by atoms with Crippen molar-refractivity contribution >= 4 is 5.96 Å². The molecule has 2 N–H and O–H groups in total. The average molecular weight is 433 g/mol. The minimum Gasteiger partial charge on any atom is -0.493 e. The number of halogens is 3. The van der Waals surface area contributed by atoms with Crippen LogP contribution in [0.25, 0.3) is 0 Å². The summed E-state index contributed by atoms with van der Waals surface area (Å²) in [7, 11) is 3.05. The highest BCUT2D eigenvalue weighted by Crippen LogP contribution is 2.29. The number of alkyl halides is 3. The van der Waals surface area contributed by atoms with Gasteiger partial charge in [0.25, 0.3) is 0 Å². The molecule has 0 amide bonds. The van der Waals surface area contributed by atoms with Gasteiger partial charge in [0, 0.05) is 39.3 Å². The molecule has 1 unspecified atom stereocenters. The van der Waals surface area contributed by atoms with Crippen molar-refractivity contribution in [3.8, 4) is 11.5 Å². The van der Waals surface area contributed by atoms with E-state index in [2.05, 4.69) is 15.6 Å². The van der Waals surface area contributed by atoms with Crippen LogP contribution in [0.2, 0.25) is 0 Å². The van der Waals surface area contributed by atoms with Crippen LogP contribution in [0, 0.1) is 5.92 Å². The van der Waals surface area contributed by atoms with Gasteiger partial charge in [0.2, 0.25) is 0 Å². The van der Waals surface area contributed by atoms with Crippen molar-refractivity contribution in [2.75, 3.05) is 53.7 Å². The lowest BCUT2D eigenvalue weighted by molar-refractivity contribution is -0.153. The summed E-state index contributed by atoms with van der Waals surface area (Å²) in [5, 5.41) is 6.35.